The van der Waals surface area contributed by atoms with Crippen LogP contribution >= 0.6 is 0 Å². The van der Waals surface area contributed by atoms with Gasteiger partial charge in [-0.1, -0.05) is 0 Å². The van der Waals surface area contributed by atoms with E-state index >= 15 is 0 Å². The van der Waals surface area contributed by atoms with Crippen LogP contribution in [0.5, 0.6) is 23.0 Å². The fraction of sp³-hybridized carbons (Fsp3) is 0.300. The number of alkyl halides is 3. The third kappa shape index (κ3) is 4.38. The molecule has 3 aromatic rings. The number of nitrogens with one attached hydrogen (secondary N) is 2. The first-order valence-electron chi connectivity index (χ1n) is 13.0. The van der Waals surface area contributed by atoms with Gasteiger partial charge in [0.15, 0.2) is 17.3 Å². The predicted molar refractivity (Wildman–Crippen MR) is 145 cm³/mol. The summed E-state index contributed by atoms with van der Waals surface area (Å²) in [6.45, 7) is 7.63. The van der Waals surface area contributed by atoms with Gasteiger partial charge in [-0.2, -0.15) is 0 Å². The van der Waals surface area contributed by atoms with E-state index in [0.29, 0.717) is 17.3 Å². The molecule has 1 aliphatic heterocycles. The van der Waals surface area contributed by atoms with Crippen molar-refractivity contribution < 1.29 is 47.2 Å². The number of hydrogen-bond acceptors (Lipinski definition) is 8. The minimum absolute atomic E-state index is 0.00649. The Hall–Kier alpha value is -4.74. The number of fused-ring (bicyclic) bond motifs is 4. The number of allylic oxidation sites excluding steroid dienone is 4. The van der Waals surface area contributed by atoms with Crippen molar-refractivity contribution in [2.24, 2.45) is 0 Å². The number of carbonyl (C=O) groups is 3. The molecule has 1 aromatic heterocycles. The predicted octanol–water partition coefficient (Wildman–Crippen LogP) is 5.09. The Balaban J connectivity index is 1.46. The number of ketones is 3. The van der Waals surface area contributed by atoms with Gasteiger partial charge in [0, 0.05) is 40.5 Å². The molecule has 1 aliphatic carbocycles. The van der Waals surface area contributed by atoms with E-state index in [1.165, 1.54) is 39.0 Å². The molecule has 4 N–H and O–H groups in total. The molecule has 42 heavy (non-hydrogen) atoms. The summed E-state index contributed by atoms with van der Waals surface area (Å²) in [4.78, 5) is 42.5. The molecule has 9 nitrogen and oxygen atoms in total. The van der Waals surface area contributed by atoms with E-state index in [-0.39, 0.29) is 51.8 Å². The summed E-state index contributed by atoms with van der Waals surface area (Å²) < 4.78 is 48.0. The minimum Gasteiger partial charge on any atom is -0.507 e. The van der Waals surface area contributed by atoms with E-state index in [1.807, 2.05) is 0 Å². The number of rotatable bonds is 6. The Morgan fingerprint density at radius 3 is 2.48 bits per heavy atom. The maximum absolute atomic E-state index is 13.9. The molecule has 0 fully saturated rings. The summed E-state index contributed by atoms with van der Waals surface area (Å²) in [6.07, 6.45) is -3.37. The molecule has 0 amide bonds. The number of aryl methyl sites for hydroxylation is 1. The first-order chi connectivity index (χ1) is 19.6. The van der Waals surface area contributed by atoms with E-state index in [0.717, 1.165) is 17.3 Å². The SMILES string of the molecule is CC(=O)c1c(O)c(C)c(O)c2c1OC1=CC(=O)C(=C(C)NCCc3c(C)[nH]c4ccc(OC(F)(F)F)cc34)C(=O)C12C. The molecule has 0 radical (unpaired) electrons. The number of phenolic OH excluding ortho intramolecular Hbond substituents is 2. The van der Waals surface area contributed by atoms with Crippen molar-refractivity contribution in [2.75, 3.05) is 6.54 Å². The Bertz CT molecular complexity index is 1780. The Morgan fingerprint density at radius 1 is 1.14 bits per heavy atom. The van der Waals surface area contributed by atoms with Crippen LogP contribution in [0.15, 0.2) is 41.3 Å². The highest BCUT2D eigenvalue weighted by atomic mass is 19.4. The summed E-state index contributed by atoms with van der Waals surface area (Å²) in [5, 5.41) is 25.1. The second-order valence-corrected chi connectivity index (χ2v) is 10.5. The molecule has 0 saturated carbocycles. The molecule has 2 aliphatic rings. The van der Waals surface area contributed by atoms with E-state index in [9.17, 15) is 37.8 Å². The number of aromatic nitrogens is 1. The van der Waals surface area contributed by atoms with Crippen molar-refractivity contribution >= 4 is 28.3 Å². The number of aromatic amines is 1. The molecule has 1 unspecified atom stereocenters. The maximum atomic E-state index is 13.9. The Morgan fingerprint density at radius 2 is 1.83 bits per heavy atom. The molecule has 1 atom stereocenters. The van der Waals surface area contributed by atoms with Gasteiger partial charge in [-0.05, 0) is 64.8 Å². The summed E-state index contributed by atoms with van der Waals surface area (Å²) in [7, 11) is 0. The lowest BCUT2D eigenvalue weighted by molar-refractivity contribution is -0.274. The van der Waals surface area contributed by atoms with Crippen LogP contribution in [0, 0.1) is 13.8 Å². The van der Waals surface area contributed by atoms with Crippen LogP contribution in [0.1, 0.15) is 53.5 Å². The average molecular weight is 585 g/mol. The lowest BCUT2D eigenvalue weighted by Crippen LogP contribution is -2.41. The first-order valence-corrected chi connectivity index (χ1v) is 13.0. The number of ether oxygens (including phenoxy) is 2. The molecule has 5 rings (SSSR count). The van der Waals surface area contributed by atoms with Crippen LogP contribution in [-0.2, 0) is 21.4 Å². The molecule has 220 valence electrons. The van der Waals surface area contributed by atoms with Crippen LogP contribution in [0.25, 0.3) is 10.9 Å². The highest BCUT2D eigenvalue weighted by Gasteiger charge is 2.56. The van der Waals surface area contributed by atoms with Gasteiger partial charge in [-0.25, -0.2) is 0 Å². The van der Waals surface area contributed by atoms with Gasteiger partial charge in [-0.15, -0.1) is 13.2 Å². The van der Waals surface area contributed by atoms with Crippen molar-refractivity contribution in [1.82, 2.24) is 10.3 Å². The van der Waals surface area contributed by atoms with E-state index < -0.39 is 40.6 Å². The number of H-pyrrole nitrogens is 1. The van der Waals surface area contributed by atoms with E-state index in [2.05, 4.69) is 15.0 Å². The van der Waals surface area contributed by atoms with Crippen molar-refractivity contribution in [2.45, 2.75) is 52.8 Å². The van der Waals surface area contributed by atoms with Gasteiger partial charge >= 0.3 is 6.36 Å². The lowest BCUT2D eigenvalue weighted by Gasteiger charge is -2.29. The summed E-state index contributed by atoms with van der Waals surface area (Å²) in [5.74, 6) is -3.35. The lowest BCUT2D eigenvalue weighted by atomic mass is 9.70. The summed E-state index contributed by atoms with van der Waals surface area (Å²) >= 11 is 0. The highest BCUT2D eigenvalue weighted by molar-refractivity contribution is 6.31. The molecule has 0 saturated heterocycles. The van der Waals surface area contributed by atoms with Gasteiger partial charge in [0.25, 0.3) is 0 Å². The van der Waals surface area contributed by atoms with Crippen LogP contribution in [0.2, 0.25) is 0 Å². The number of halogens is 3. The zero-order valence-corrected chi connectivity index (χ0v) is 23.3. The van der Waals surface area contributed by atoms with Gasteiger partial charge < -0.3 is 30.0 Å². The Kier molecular flexibility index (Phi) is 6.63. The quantitative estimate of drug-likeness (QED) is 0.179. The average Bonchev–Trinajstić information content (AvgIpc) is 3.35. The third-order valence-corrected chi connectivity index (χ3v) is 7.85. The number of hydrogen-bond donors (Lipinski definition) is 4. The van der Waals surface area contributed by atoms with Crippen molar-refractivity contribution in [1.29, 1.82) is 0 Å². The highest BCUT2D eigenvalue weighted by Crippen LogP contribution is 2.57. The molecule has 12 heteroatoms. The second-order valence-electron chi connectivity index (χ2n) is 10.5. The number of phenols is 2. The van der Waals surface area contributed by atoms with Gasteiger partial charge in [0.2, 0.25) is 0 Å². The molecule has 2 aromatic carbocycles. The number of benzene rings is 2. The normalized spacial score (nSPS) is 19.3. The number of carbonyl (C=O) groups excluding carboxylic acids is 3. The van der Waals surface area contributed by atoms with Crippen molar-refractivity contribution in [3.05, 3.63) is 69.3 Å². The van der Waals surface area contributed by atoms with E-state index in [1.54, 1.807) is 13.8 Å². The molecule has 0 bridgehead atoms. The van der Waals surface area contributed by atoms with Gasteiger partial charge in [0.05, 0.1) is 11.1 Å². The topological polar surface area (TPSA) is 138 Å². The Labute approximate surface area is 237 Å². The van der Waals surface area contributed by atoms with Crippen molar-refractivity contribution in [3.63, 3.8) is 0 Å². The maximum Gasteiger partial charge on any atom is 0.573 e. The second kappa shape index (κ2) is 9.68. The molecule has 0 spiro atoms. The van der Waals surface area contributed by atoms with Crippen molar-refractivity contribution in [3.8, 4) is 23.0 Å². The zero-order valence-electron chi connectivity index (χ0n) is 23.3. The number of Topliss-reactive ketones (excluding diaryl/α,β-unsaturated/α-hetero) is 2. The smallest absolute Gasteiger partial charge is 0.507 e. The fourth-order valence-electron chi connectivity index (χ4n) is 5.71. The summed E-state index contributed by atoms with van der Waals surface area (Å²) in [5.41, 5.74) is 0.304. The van der Waals surface area contributed by atoms with Gasteiger partial charge in [-0.3, -0.25) is 14.4 Å². The molecular formula is C30H27F3N2O7. The van der Waals surface area contributed by atoms with Gasteiger partial charge in [0.1, 0.15) is 39.7 Å². The van der Waals surface area contributed by atoms with E-state index in [4.69, 9.17) is 4.74 Å². The van der Waals surface area contributed by atoms with Crippen LogP contribution < -0.4 is 14.8 Å². The zero-order chi connectivity index (χ0) is 30.9. The van der Waals surface area contributed by atoms with Crippen LogP contribution in [-0.4, -0.2) is 45.5 Å². The summed E-state index contributed by atoms with van der Waals surface area (Å²) in [6, 6.07) is 4.01. The van der Waals surface area contributed by atoms with Crippen LogP contribution in [0.3, 0.4) is 0 Å². The van der Waals surface area contributed by atoms with Crippen LogP contribution in [0.4, 0.5) is 13.2 Å². The fourth-order valence-corrected chi connectivity index (χ4v) is 5.71. The largest absolute Gasteiger partial charge is 0.573 e. The monoisotopic (exact) mass is 584 g/mol. The minimum atomic E-state index is -4.83. The number of aromatic hydroxyl groups is 2. The third-order valence-electron chi connectivity index (χ3n) is 7.85. The molecule has 2 heterocycles. The standard InChI is InChI=1S/C30H27F3N2O7/c1-12-25(38)23(15(4)36)27-24(26(12)39)29(5)21(41-27)11-20(37)22(28(29)40)14(3)34-9-8-17-13(2)35-19-7-6-16(10-18(17)19)42-30(31,32)33/h6-7,10-11,34-35,38-39H,8-9H2,1-5H3. The molecular weight excluding hydrogens is 557 g/mol. The first kappa shape index (κ1) is 28.8.